The first kappa shape index (κ1) is 13.1. The van der Waals surface area contributed by atoms with Crippen molar-refractivity contribution >= 4 is 22.9 Å². The van der Waals surface area contributed by atoms with Crippen LogP contribution in [0.1, 0.15) is 28.1 Å². The van der Waals surface area contributed by atoms with Crippen LogP contribution in [0.3, 0.4) is 0 Å². The highest BCUT2D eigenvalue weighted by molar-refractivity contribution is 7.09. The number of pyridine rings is 1. The third-order valence-electron chi connectivity index (χ3n) is 3.36. The molecule has 0 saturated heterocycles. The molecule has 20 heavy (non-hydrogen) atoms. The van der Waals surface area contributed by atoms with Gasteiger partial charge < -0.3 is 10.3 Å². The lowest BCUT2D eigenvalue weighted by molar-refractivity contribution is 0.0732. The summed E-state index contributed by atoms with van der Waals surface area (Å²) in [6.45, 7) is 0.660. The summed E-state index contributed by atoms with van der Waals surface area (Å²) >= 11 is 1.67. The van der Waals surface area contributed by atoms with E-state index in [0.29, 0.717) is 23.8 Å². The Balaban J connectivity index is 1.85. The molecule has 1 aliphatic carbocycles. The number of aromatic nitrogens is 1. The second kappa shape index (κ2) is 5.60. The number of hydrogen-bond acceptors (Lipinski definition) is 5. The molecular weight excluding hydrogens is 272 g/mol. The van der Waals surface area contributed by atoms with Gasteiger partial charge in [-0.05, 0) is 30.4 Å². The van der Waals surface area contributed by atoms with E-state index in [9.17, 15) is 4.79 Å². The van der Waals surface area contributed by atoms with Crippen LogP contribution in [0.15, 0.2) is 36.0 Å². The fourth-order valence-corrected chi connectivity index (χ4v) is 2.88. The fourth-order valence-electron chi connectivity index (χ4n) is 2.17. The van der Waals surface area contributed by atoms with Gasteiger partial charge in [-0.15, -0.1) is 11.3 Å². The molecule has 2 aromatic heterocycles. The van der Waals surface area contributed by atoms with Crippen LogP contribution in [0.25, 0.3) is 0 Å². The van der Waals surface area contributed by atoms with Gasteiger partial charge >= 0.3 is 0 Å². The smallest absolute Gasteiger partial charge is 0.256 e. The molecule has 0 aromatic carbocycles. The maximum absolute atomic E-state index is 12.7. The molecule has 3 rings (SSSR count). The molecule has 0 bridgehead atoms. The van der Waals surface area contributed by atoms with E-state index in [1.54, 1.807) is 29.8 Å². The summed E-state index contributed by atoms with van der Waals surface area (Å²) < 4.78 is 0. The van der Waals surface area contributed by atoms with Crippen LogP contribution >= 0.6 is 11.3 Å². The van der Waals surface area contributed by atoms with Crippen LogP contribution < -0.4 is 11.3 Å². The largest absolute Gasteiger partial charge is 0.330 e. The van der Waals surface area contributed by atoms with Gasteiger partial charge in [0.1, 0.15) is 0 Å². The number of nitrogens with one attached hydrogen (secondary N) is 1. The first-order valence-corrected chi connectivity index (χ1v) is 7.41. The van der Waals surface area contributed by atoms with Gasteiger partial charge in [-0.1, -0.05) is 6.07 Å². The normalized spacial score (nSPS) is 14.1. The number of thiophene rings is 1. The van der Waals surface area contributed by atoms with Crippen molar-refractivity contribution in [1.29, 1.82) is 0 Å². The van der Waals surface area contributed by atoms with E-state index in [0.717, 1.165) is 12.8 Å². The number of nitrogens with two attached hydrogens (primary N) is 1. The summed E-state index contributed by atoms with van der Waals surface area (Å²) in [5.41, 5.74) is 3.68. The topological polar surface area (TPSA) is 71.2 Å². The van der Waals surface area contributed by atoms with Gasteiger partial charge in [0, 0.05) is 17.1 Å². The Labute approximate surface area is 121 Å². The van der Waals surface area contributed by atoms with Gasteiger partial charge in [0.15, 0.2) is 0 Å². The Kier molecular flexibility index (Phi) is 3.66. The molecular formula is C14H16N4OS. The van der Waals surface area contributed by atoms with Crippen LogP contribution in [0.2, 0.25) is 0 Å². The molecule has 0 radical (unpaired) electrons. The molecule has 104 valence electrons. The summed E-state index contributed by atoms with van der Waals surface area (Å²) in [4.78, 5) is 19.9. The number of carbonyl (C=O) groups excluding carboxylic acids is 1. The lowest BCUT2D eigenvalue weighted by Crippen LogP contribution is -2.33. The zero-order chi connectivity index (χ0) is 13.9. The first-order chi connectivity index (χ1) is 9.79. The number of nitrogens with zero attached hydrogens (tertiary/aromatic N) is 2. The summed E-state index contributed by atoms with van der Waals surface area (Å²) in [6.07, 6.45) is 5.34. The molecule has 1 aliphatic rings. The van der Waals surface area contributed by atoms with Crippen LogP contribution in [-0.4, -0.2) is 21.8 Å². The van der Waals surface area contributed by atoms with Crippen LogP contribution in [0, 0.1) is 0 Å². The maximum Gasteiger partial charge on any atom is 0.256 e. The minimum absolute atomic E-state index is 0.0104. The third kappa shape index (κ3) is 2.66. The quantitative estimate of drug-likeness (QED) is 0.654. The lowest BCUT2D eigenvalue weighted by Gasteiger charge is -2.22. The Bertz CT molecular complexity index is 595. The van der Waals surface area contributed by atoms with Crippen molar-refractivity contribution in [3.63, 3.8) is 0 Å². The van der Waals surface area contributed by atoms with Gasteiger partial charge in [-0.25, -0.2) is 0 Å². The van der Waals surface area contributed by atoms with Gasteiger partial charge in [0.2, 0.25) is 0 Å². The summed E-state index contributed by atoms with van der Waals surface area (Å²) in [5.74, 6) is 5.47. The van der Waals surface area contributed by atoms with Crippen molar-refractivity contribution in [2.75, 3.05) is 5.43 Å². The molecule has 0 aliphatic heterocycles. The molecule has 2 heterocycles. The molecule has 0 atom stereocenters. The lowest BCUT2D eigenvalue weighted by atomic mass is 10.2. The zero-order valence-corrected chi connectivity index (χ0v) is 11.8. The summed E-state index contributed by atoms with van der Waals surface area (Å²) in [5, 5.41) is 2.03. The van der Waals surface area contributed by atoms with Gasteiger partial charge in [-0.2, -0.15) is 0 Å². The van der Waals surface area contributed by atoms with Crippen molar-refractivity contribution in [3.05, 3.63) is 46.4 Å². The highest BCUT2D eigenvalue weighted by Crippen LogP contribution is 2.31. The molecule has 2 aromatic rings. The molecule has 1 amide bonds. The third-order valence-corrected chi connectivity index (χ3v) is 4.22. The predicted octanol–water partition coefficient (Wildman–Crippen LogP) is 2.23. The van der Waals surface area contributed by atoms with Gasteiger partial charge in [0.25, 0.3) is 5.91 Å². The predicted molar refractivity (Wildman–Crippen MR) is 79.3 cm³/mol. The Morgan fingerprint density at radius 2 is 2.35 bits per heavy atom. The van der Waals surface area contributed by atoms with Crippen molar-refractivity contribution in [3.8, 4) is 0 Å². The van der Waals surface area contributed by atoms with E-state index >= 15 is 0 Å². The molecule has 1 saturated carbocycles. The average molecular weight is 288 g/mol. The van der Waals surface area contributed by atoms with Crippen LogP contribution in [-0.2, 0) is 6.54 Å². The van der Waals surface area contributed by atoms with Crippen molar-refractivity contribution in [2.45, 2.75) is 25.4 Å². The minimum Gasteiger partial charge on any atom is -0.330 e. The minimum atomic E-state index is 0.0104. The highest BCUT2D eigenvalue weighted by atomic mass is 32.1. The zero-order valence-electron chi connectivity index (χ0n) is 11.0. The van der Waals surface area contributed by atoms with Crippen molar-refractivity contribution in [2.24, 2.45) is 5.84 Å². The Morgan fingerprint density at radius 1 is 1.50 bits per heavy atom. The molecule has 0 spiro atoms. The number of anilines is 1. The van der Waals surface area contributed by atoms with E-state index in [-0.39, 0.29) is 5.91 Å². The van der Waals surface area contributed by atoms with E-state index in [2.05, 4.69) is 16.5 Å². The summed E-state index contributed by atoms with van der Waals surface area (Å²) in [7, 11) is 0. The van der Waals surface area contributed by atoms with Gasteiger partial charge in [-0.3, -0.25) is 15.6 Å². The van der Waals surface area contributed by atoms with E-state index in [4.69, 9.17) is 5.84 Å². The molecule has 1 fully saturated rings. The standard InChI is InChI=1S/C14H16N4OS/c15-17-13-8-16-6-5-12(13)14(19)18(10-3-4-10)9-11-2-1-7-20-11/h1-2,5-8,10,17H,3-4,9,15H2. The number of amides is 1. The fraction of sp³-hybridized carbons (Fsp3) is 0.286. The number of rotatable bonds is 5. The van der Waals surface area contributed by atoms with Crippen molar-refractivity contribution < 1.29 is 4.79 Å². The maximum atomic E-state index is 12.7. The molecule has 3 N–H and O–H groups in total. The number of nitrogen functional groups attached to an aromatic ring is 1. The molecule has 0 unspecified atom stereocenters. The highest BCUT2D eigenvalue weighted by Gasteiger charge is 2.34. The van der Waals surface area contributed by atoms with Gasteiger partial charge in [0.05, 0.1) is 24.0 Å². The molecule has 5 nitrogen and oxygen atoms in total. The second-order valence-electron chi connectivity index (χ2n) is 4.81. The SMILES string of the molecule is NNc1cnccc1C(=O)N(Cc1cccs1)C1CC1. The van der Waals surface area contributed by atoms with E-state index in [1.165, 1.54) is 4.88 Å². The van der Waals surface area contributed by atoms with Crippen molar-refractivity contribution in [1.82, 2.24) is 9.88 Å². The first-order valence-electron chi connectivity index (χ1n) is 6.53. The monoisotopic (exact) mass is 288 g/mol. The number of hydrogen-bond donors (Lipinski definition) is 2. The second-order valence-corrected chi connectivity index (χ2v) is 5.84. The Morgan fingerprint density at radius 3 is 3.00 bits per heavy atom. The number of carbonyl (C=O) groups is 1. The van der Waals surface area contributed by atoms with Crippen LogP contribution in [0.4, 0.5) is 5.69 Å². The average Bonchev–Trinajstić information content (AvgIpc) is 3.20. The number of hydrazine groups is 1. The van der Waals surface area contributed by atoms with Crippen LogP contribution in [0.5, 0.6) is 0 Å². The van der Waals surface area contributed by atoms with E-state index in [1.807, 2.05) is 16.3 Å². The van der Waals surface area contributed by atoms with E-state index < -0.39 is 0 Å². The Hall–Kier alpha value is -1.92. The summed E-state index contributed by atoms with van der Waals surface area (Å²) in [6, 6.07) is 6.13. The molecule has 6 heteroatoms.